The van der Waals surface area contributed by atoms with E-state index in [1.165, 1.54) is 6.92 Å². The van der Waals surface area contributed by atoms with E-state index in [2.05, 4.69) is 0 Å². The SMILES string of the molecule is CCCCC(O)C(O)C(C(=O)O)C(C)C(=O)O. The van der Waals surface area contributed by atoms with Gasteiger partial charge in [0.25, 0.3) is 0 Å². The fourth-order valence-corrected chi connectivity index (χ4v) is 1.63. The highest BCUT2D eigenvalue weighted by atomic mass is 16.4. The molecule has 0 bridgehead atoms. The van der Waals surface area contributed by atoms with Crippen LogP contribution >= 0.6 is 0 Å². The number of aliphatic hydroxyl groups excluding tert-OH is 2. The van der Waals surface area contributed by atoms with Crippen LogP contribution in [-0.4, -0.2) is 44.6 Å². The summed E-state index contributed by atoms with van der Waals surface area (Å²) in [5, 5.41) is 36.9. The maximum atomic E-state index is 10.9. The van der Waals surface area contributed by atoms with Gasteiger partial charge < -0.3 is 20.4 Å². The number of unbranched alkanes of at least 4 members (excludes halogenated alkanes) is 1. The van der Waals surface area contributed by atoms with E-state index in [1.807, 2.05) is 6.92 Å². The van der Waals surface area contributed by atoms with Crippen molar-refractivity contribution in [1.82, 2.24) is 0 Å². The quantitative estimate of drug-likeness (QED) is 0.491. The van der Waals surface area contributed by atoms with Crippen LogP contribution in [0.15, 0.2) is 0 Å². The Morgan fingerprint density at radius 3 is 2.00 bits per heavy atom. The molecule has 0 rings (SSSR count). The fourth-order valence-electron chi connectivity index (χ4n) is 1.63. The van der Waals surface area contributed by atoms with E-state index >= 15 is 0 Å². The van der Waals surface area contributed by atoms with Crippen molar-refractivity contribution >= 4 is 11.9 Å². The van der Waals surface area contributed by atoms with Crippen molar-refractivity contribution in [3.8, 4) is 0 Å². The molecule has 0 aliphatic rings. The Labute approximate surface area is 99.9 Å². The predicted octanol–water partition coefficient (Wildman–Crippen LogP) is 0.320. The summed E-state index contributed by atoms with van der Waals surface area (Å²) in [5.41, 5.74) is 0. The Bertz CT molecular complexity index is 265. The molecule has 0 radical (unpaired) electrons. The third-order valence-electron chi connectivity index (χ3n) is 2.83. The summed E-state index contributed by atoms with van der Waals surface area (Å²) < 4.78 is 0. The molecule has 100 valence electrons. The Kier molecular flexibility index (Phi) is 6.75. The number of hydrogen-bond acceptors (Lipinski definition) is 4. The largest absolute Gasteiger partial charge is 0.481 e. The first-order chi connectivity index (χ1) is 7.82. The second-order valence-corrected chi connectivity index (χ2v) is 4.19. The van der Waals surface area contributed by atoms with Gasteiger partial charge in [-0.1, -0.05) is 26.7 Å². The van der Waals surface area contributed by atoms with Gasteiger partial charge in [-0.25, -0.2) is 0 Å². The van der Waals surface area contributed by atoms with Gasteiger partial charge in [-0.15, -0.1) is 0 Å². The monoisotopic (exact) mass is 248 g/mol. The molecule has 6 heteroatoms. The van der Waals surface area contributed by atoms with E-state index in [-0.39, 0.29) is 6.42 Å². The number of hydrogen-bond donors (Lipinski definition) is 4. The van der Waals surface area contributed by atoms with Crippen molar-refractivity contribution in [2.75, 3.05) is 0 Å². The van der Waals surface area contributed by atoms with E-state index in [0.29, 0.717) is 6.42 Å². The zero-order valence-electron chi connectivity index (χ0n) is 10.0. The second kappa shape index (κ2) is 7.24. The van der Waals surface area contributed by atoms with Gasteiger partial charge in [0.2, 0.25) is 0 Å². The van der Waals surface area contributed by atoms with Gasteiger partial charge in [-0.3, -0.25) is 9.59 Å². The van der Waals surface area contributed by atoms with Gasteiger partial charge in [0.15, 0.2) is 0 Å². The Hall–Kier alpha value is -1.14. The second-order valence-electron chi connectivity index (χ2n) is 4.19. The Balaban J connectivity index is 4.70. The highest BCUT2D eigenvalue weighted by Crippen LogP contribution is 2.21. The molecule has 0 aromatic rings. The standard InChI is InChI=1S/C11H20O6/c1-3-4-5-7(12)9(13)8(11(16)17)6(2)10(14)15/h6-9,12-13H,3-5H2,1-2H3,(H,14,15)(H,16,17). The molecule has 0 saturated carbocycles. The molecule has 4 atom stereocenters. The lowest BCUT2D eigenvalue weighted by Gasteiger charge is -2.26. The molecular weight excluding hydrogens is 228 g/mol. The molecule has 0 saturated heterocycles. The lowest BCUT2D eigenvalue weighted by Crippen LogP contribution is -2.43. The molecule has 0 aromatic heterocycles. The van der Waals surface area contributed by atoms with E-state index in [9.17, 15) is 19.8 Å². The fraction of sp³-hybridized carbons (Fsp3) is 0.818. The van der Waals surface area contributed by atoms with Crippen LogP contribution in [0.2, 0.25) is 0 Å². The molecule has 4 N–H and O–H groups in total. The Morgan fingerprint density at radius 1 is 1.12 bits per heavy atom. The summed E-state index contributed by atoms with van der Waals surface area (Å²) in [6, 6.07) is 0. The van der Waals surface area contributed by atoms with Crippen LogP contribution in [0.5, 0.6) is 0 Å². The summed E-state index contributed by atoms with van der Waals surface area (Å²) in [6.07, 6.45) is -1.07. The van der Waals surface area contributed by atoms with Crippen LogP contribution in [0, 0.1) is 11.8 Å². The van der Waals surface area contributed by atoms with Crippen molar-refractivity contribution in [2.24, 2.45) is 11.8 Å². The first-order valence-corrected chi connectivity index (χ1v) is 5.64. The lowest BCUT2D eigenvalue weighted by atomic mass is 9.85. The molecule has 0 aromatic carbocycles. The number of aliphatic hydroxyl groups is 2. The smallest absolute Gasteiger partial charge is 0.310 e. The van der Waals surface area contributed by atoms with Crippen molar-refractivity contribution in [3.63, 3.8) is 0 Å². The van der Waals surface area contributed by atoms with Crippen LogP contribution in [0.25, 0.3) is 0 Å². The number of carboxylic acid groups (broad SMARTS) is 2. The van der Waals surface area contributed by atoms with E-state index < -0.39 is 36.0 Å². The molecule has 0 amide bonds. The van der Waals surface area contributed by atoms with E-state index in [4.69, 9.17) is 10.2 Å². The van der Waals surface area contributed by atoms with Crippen molar-refractivity contribution < 1.29 is 30.0 Å². The third kappa shape index (κ3) is 4.70. The Morgan fingerprint density at radius 2 is 1.65 bits per heavy atom. The number of carboxylic acids is 2. The zero-order chi connectivity index (χ0) is 13.6. The van der Waals surface area contributed by atoms with Crippen molar-refractivity contribution in [1.29, 1.82) is 0 Å². The third-order valence-corrected chi connectivity index (χ3v) is 2.83. The van der Waals surface area contributed by atoms with Gasteiger partial charge >= 0.3 is 11.9 Å². The zero-order valence-corrected chi connectivity index (χ0v) is 10.0. The van der Waals surface area contributed by atoms with Crippen LogP contribution in [0.4, 0.5) is 0 Å². The van der Waals surface area contributed by atoms with Crippen LogP contribution in [-0.2, 0) is 9.59 Å². The first-order valence-electron chi connectivity index (χ1n) is 5.64. The van der Waals surface area contributed by atoms with Gasteiger partial charge in [-0.2, -0.15) is 0 Å². The summed E-state index contributed by atoms with van der Waals surface area (Å²) in [7, 11) is 0. The molecule has 0 aliphatic carbocycles. The molecule has 0 spiro atoms. The van der Waals surface area contributed by atoms with Crippen molar-refractivity contribution in [3.05, 3.63) is 0 Å². The summed E-state index contributed by atoms with van der Waals surface area (Å²) in [4.78, 5) is 21.7. The van der Waals surface area contributed by atoms with E-state index in [1.54, 1.807) is 0 Å². The van der Waals surface area contributed by atoms with Crippen molar-refractivity contribution in [2.45, 2.75) is 45.3 Å². The van der Waals surface area contributed by atoms with Gasteiger partial charge in [0.1, 0.15) is 0 Å². The average molecular weight is 248 g/mol. The van der Waals surface area contributed by atoms with Crippen LogP contribution < -0.4 is 0 Å². The molecule has 0 aliphatic heterocycles. The maximum Gasteiger partial charge on any atom is 0.310 e. The highest BCUT2D eigenvalue weighted by Gasteiger charge is 2.39. The van der Waals surface area contributed by atoms with Crippen LogP contribution in [0.1, 0.15) is 33.1 Å². The molecular formula is C11H20O6. The predicted molar refractivity (Wildman–Crippen MR) is 59.5 cm³/mol. The minimum atomic E-state index is -1.56. The molecule has 4 unspecified atom stereocenters. The number of aliphatic carboxylic acids is 2. The lowest BCUT2D eigenvalue weighted by molar-refractivity contribution is -0.161. The molecule has 0 fully saturated rings. The van der Waals surface area contributed by atoms with E-state index in [0.717, 1.165) is 6.42 Å². The topological polar surface area (TPSA) is 115 Å². The molecule has 6 nitrogen and oxygen atoms in total. The average Bonchev–Trinajstić information content (AvgIpc) is 2.24. The number of carbonyl (C=O) groups is 2. The molecule has 17 heavy (non-hydrogen) atoms. The minimum absolute atomic E-state index is 0.258. The maximum absolute atomic E-state index is 10.9. The summed E-state index contributed by atoms with van der Waals surface area (Å²) in [6.45, 7) is 3.10. The first kappa shape index (κ1) is 15.9. The molecule has 0 heterocycles. The van der Waals surface area contributed by atoms with Gasteiger partial charge in [0.05, 0.1) is 24.0 Å². The normalized spacial score (nSPS) is 18.1. The highest BCUT2D eigenvalue weighted by molar-refractivity contribution is 5.80. The van der Waals surface area contributed by atoms with Crippen LogP contribution in [0.3, 0.4) is 0 Å². The minimum Gasteiger partial charge on any atom is -0.481 e. The summed E-state index contributed by atoms with van der Waals surface area (Å²) >= 11 is 0. The summed E-state index contributed by atoms with van der Waals surface area (Å²) in [5.74, 6) is -5.47. The number of rotatable bonds is 8. The van der Waals surface area contributed by atoms with Gasteiger partial charge in [-0.05, 0) is 6.42 Å². The van der Waals surface area contributed by atoms with Gasteiger partial charge in [0, 0.05) is 0 Å².